The molecular weight excluding hydrogens is 456 g/mol. The molecule has 0 heterocycles. The number of ether oxygens (including phenoxy) is 2. The summed E-state index contributed by atoms with van der Waals surface area (Å²) in [6, 6.07) is 6.32. The first-order chi connectivity index (χ1) is 16.9. The van der Waals surface area contributed by atoms with Crippen molar-refractivity contribution in [1.82, 2.24) is 0 Å². The number of hydrogen-bond donors (Lipinski definition) is 0. The fourth-order valence-electron chi connectivity index (χ4n) is 5.44. The molecule has 2 nitrogen and oxygen atoms in total. The maximum Gasteiger partial charge on any atom is 0.201 e. The number of benzene rings is 2. The molecule has 0 radical (unpaired) electrons. The summed E-state index contributed by atoms with van der Waals surface area (Å²) in [5, 5.41) is 0. The molecule has 6 heteroatoms. The molecule has 0 amide bonds. The Morgan fingerprint density at radius 1 is 0.743 bits per heavy atom. The minimum Gasteiger partial charge on any atom is -0.491 e. The summed E-state index contributed by atoms with van der Waals surface area (Å²) in [4.78, 5) is 0. The minimum atomic E-state index is -1.03. The predicted octanol–water partition coefficient (Wildman–Crippen LogP) is 7.64. The third-order valence-corrected chi connectivity index (χ3v) is 7.51. The molecule has 0 saturated heterocycles. The lowest BCUT2D eigenvalue weighted by Gasteiger charge is -2.29. The van der Waals surface area contributed by atoms with Gasteiger partial charge in [0.15, 0.2) is 23.2 Å². The van der Waals surface area contributed by atoms with Gasteiger partial charge in [0, 0.05) is 13.0 Å². The SMILES string of the molecule is CCOc1ccc(C#CC2CCC(c3ccc(C4CCC(OC)CC4)c(F)c3F)CC2)c(F)c1F. The molecule has 0 N–H and O–H groups in total. The summed E-state index contributed by atoms with van der Waals surface area (Å²) in [6.45, 7) is 1.94. The monoisotopic (exact) mass is 488 g/mol. The van der Waals surface area contributed by atoms with E-state index in [1.807, 2.05) is 0 Å². The second kappa shape index (κ2) is 11.5. The molecule has 35 heavy (non-hydrogen) atoms. The fourth-order valence-corrected chi connectivity index (χ4v) is 5.44. The Balaban J connectivity index is 1.39. The fraction of sp³-hybridized carbons (Fsp3) is 0.517. The smallest absolute Gasteiger partial charge is 0.201 e. The highest BCUT2D eigenvalue weighted by atomic mass is 19.2. The number of methoxy groups -OCH3 is 1. The van der Waals surface area contributed by atoms with Crippen LogP contribution in [-0.4, -0.2) is 19.8 Å². The van der Waals surface area contributed by atoms with Crippen LogP contribution in [-0.2, 0) is 4.74 Å². The largest absolute Gasteiger partial charge is 0.491 e. The minimum absolute atomic E-state index is 0.00318. The molecule has 2 aliphatic carbocycles. The van der Waals surface area contributed by atoms with Crippen LogP contribution >= 0.6 is 0 Å². The summed E-state index contributed by atoms with van der Waals surface area (Å²) in [7, 11) is 1.69. The Kier molecular flexibility index (Phi) is 8.38. The number of rotatable bonds is 5. The molecule has 0 aromatic heterocycles. The summed E-state index contributed by atoms with van der Waals surface area (Å²) in [5.74, 6) is 2.16. The van der Waals surface area contributed by atoms with Gasteiger partial charge in [0.2, 0.25) is 5.82 Å². The maximum atomic E-state index is 15.1. The van der Waals surface area contributed by atoms with Crippen molar-refractivity contribution in [3.05, 3.63) is 64.2 Å². The lowest BCUT2D eigenvalue weighted by molar-refractivity contribution is 0.0655. The van der Waals surface area contributed by atoms with Crippen molar-refractivity contribution in [3.8, 4) is 17.6 Å². The Morgan fingerprint density at radius 2 is 1.31 bits per heavy atom. The van der Waals surface area contributed by atoms with E-state index in [0.717, 1.165) is 25.7 Å². The Bertz CT molecular complexity index is 1090. The molecule has 0 aliphatic heterocycles. The third kappa shape index (κ3) is 5.67. The highest BCUT2D eigenvalue weighted by Gasteiger charge is 2.29. The second-order valence-electron chi connectivity index (χ2n) is 9.57. The second-order valence-corrected chi connectivity index (χ2v) is 9.57. The first-order valence-electron chi connectivity index (χ1n) is 12.6. The van der Waals surface area contributed by atoms with E-state index >= 15 is 8.78 Å². The molecule has 2 aromatic rings. The summed E-state index contributed by atoms with van der Waals surface area (Å²) >= 11 is 0. The lowest BCUT2D eigenvalue weighted by atomic mass is 9.77. The van der Waals surface area contributed by atoms with E-state index in [9.17, 15) is 8.78 Å². The van der Waals surface area contributed by atoms with Crippen LogP contribution in [0.15, 0.2) is 24.3 Å². The lowest BCUT2D eigenvalue weighted by Crippen LogP contribution is -2.20. The Hall–Kier alpha value is -2.52. The normalized spacial score (nSPS) is 24.5. The van der Waals surface area contributed by atoms with E-state index in [2.05, 4.69) is 11.8 Å². The molecule has 0 bridgehead atoms. The Morgan fingerprint density at radius 3 is 1.86 bits per heavy atom. The topological polar surface area (TPSA) is 18.5 Å². The van der Waals surface area contributed by atoms with Gasteiger partial charge in [-0.1, -0.05) is 24.0 Å². The highest BCUT2D eigenvalue weighted by Crippen LogP contribution is 2.40. The molecule has 2 aromatic carbocycles. The van der Waals surface area contributed by atoms with E-state index in [1.54, 1.807) is 26.2 Å². The number of hydrogen-bond acceptors (Lipinski definition) is 2. The molecule has 0 atom stereocenters. The van der Waals surface area contributed by atoms with Crippen LogP contribution in [0.4, 0.5) is 17.6 Å². The van der Waals surface area contributed by atoms with Gasteiger partial charge in [-0.2, -0.15) is 4.39 Å². The van der Waals surface area contributed by atoms with Gasteiger partial charge in [-0.3, -0.25) is 0 Å². The van der Waals surface area contributed by atoms with Gasteiger partial charge in [-0.25, -0.2) is 13.2 Å². The van der Waals surface area contributed by atoms with Crippen molar-refractivity contribution < 1.29 is 27.0 Å². The average molecular weight is 489 g/mol. The van der Waals surface area contributed by atoms with E-state index in [-0.39, 0.29) is 41.8 Å². The molecule has 4 rings (SSSR count). The highest BCUT2D eigenvalue weighted by molar-refractivity contribution is 5.41. The van der Waals surface area contributed by atoms with Crippen molar-refractivity contribution in [2.75, 3.05) is 13.7 Å². The van der Waals surface area contributed by atoms with Crippen molar-refractivity contribution in [2.45, 2.75) is 76.2 Å². The van der Waals surface area contributed by atoms with Crippen molar-refractivity contribution in [2.24, 2.45) is 5.92 Å². The summed E-state index contributed by atoms with van der Waals surface area (Å²) < 4.78 is 68.9. The van der Waals surface area contributed by atoms with Crippen molar-refractivity contribution in [1.29, 1.82) is 0 Å². The summed E-state index contributed by atoms with van der Waals surface area (Å²) in [6.07, 6.45) is 6.28. The molecule has 2 saturated carbocycles. The third-order valence-electron chi connectivity index (χ3n) is 7.51. The molecule has 2 fully saturated rings. The van der Waals surface area contributed by atoms with Gasteiger partial charge in [0.1, 0.15) is 0 Å². The zero-order chi connectivity index (χ0) is 24.9. The molecule has 0 spiro atoms. The number of halogens is 4. The van der Waals surface area contributed by atoms with E-state index in [1.165, 1.54) is 12.1 Å². The van der Waals surface area contributed by atoms with Crippen LogP contribution in [0.2, 0.25) is 0 Å². The van der Waals surface area contributed by atoms with Crippen molar-refractivity contribution >= 4 is 0 Å². The van der Waals surface area contributed by atoms with Crippen LogP contribution < -0.4 is 4.74 Å². The van der Waals surface area contributed by atoms with Gasteiger partial charge in [-0.05, 0) is 93.4 Å². The zero-order valence-electron chi connectivity index (χ0n) is 20.3. The summed E-state index contributed by atoms with van der Waals surface area (Å²) in [5.41, 5.74) is 0.907. The standard InChI is InChI=1S/C29H32F4O2/c1-3-35-25-17-12-21(26(30)29(25)33)9-6-18-4-7-19(8-5-18)23-15-16-24(28(32)27(23)31)20-10-13-22(34-2)14-11-20/h12,15-20,22H,3-5,7-8,10-11,13-14H2,1-2H3. The van der Waals surface area contributed by atoms with E-state index in [4.69, 9.17) is 9.47 Å². The molecule has 0 unspecified atom stereocenters. The predicted molar refractivity (Wildman–Crippen MR) is 127 cm³/mol. The molecular formula is C29H32F4O2. The van der Waals surface area contributed by atoms with Crippen LogP contribution in [0.3, 0.4) is 0 Å². The maximum absolute atomic E-state index is 15.1. The van der Waals surface area contributed by atoms with Gasteiger partial charge in [0.05, 0.1) is 18.3 Å². The van der Waals surface area contributed by atoms with Crippen LogP contribution in [0.5, 0.6) is 5.75 Å². The average Bonchev–Trinajstić information content (AvgIpc) is 2.88. The van der Waals surface area contributed by atoms with Crippen LogP contribution in [0, 0.1) is 41.0 Å². The zero-order valence-corrected chi connectivity index (χ0v) is 20.3. The van der Waals surface area contributed by atoms with E-state index < -0.39 is 23.3 Å². The Labute approximate surface area is 205 Å². The quantitative estimate of drug-likeness (QED) is 0.318. The van der Waals surface area contributed by atoms with Crippen LogP contribution in [0.1, 0.15) is 86.8 Å². The van der Waals surface area contributed by atoms with Gasteiger partial charge in [0.25, 0.3) is 0 Å². The van der Waals surface area contributed by atoms with E-state index in [0.29, 0.717) is 36.8 Å². The van der Waals surface area contributed by atoms with Crippen LogP contribution in [0.25, 0.3) is 0 Å². The molecule has 2 aliphatic rings. The van der Waals surface area contributed by atoms with Gasteiger partial charge in [-0.15, -0.1) is 0 Å². The first-order valence-corrected chi connectivity index (χ1v) is 12.6. The van der Waals surface area contributed by atoms with Gasteiger partial charge < -0.3 is 9.47 Å². The first kappa shape index (κ1) is 25.6. The van der Waals surface area contributed by atoms with Crippen molar-refractivity contribution in [3.63, 3.8) is 0 Å². The van der Waals surface area contributed by atoms with Gasteiger partial charge >= 0.3 is 0 Å². The molecule has 188 valence electrons.